The van der Waals surface area contributed by atoms with E-state index in [0.29, 0.717) is 31.5 Å². The maximum absolute atomic E-state index is 14.0. The molecular formula is C25H30FN3O3. The monoisotopic (exact) mass is 439 g/mol. The van der Waals surface area contributed by atoms with Crippen molar-refractivity contribution in [3.63, 3.8) is 0 Å². The van der Waals surface area contributed by atoms with Crippen LogP contribution in [0.1, 0.15) is 53.8 Å². The zero-order valence-corrected chi connectivity index (χ0v) is 18.5. The van der Waals surface area contributed by atoms with Crippen molar-refractivity contribution in [2.45, 2.75) is 45.2 Å². The van der Waals surface area contributed by atoms with Crippen LogP contribution in [0, 0.1) is 11.7 Å². The van der Waals surface area contributed by atoms with Crippen LogP contribution in [0.2, 0.25) is 0 Å². The van der Waals surface area contributed by atoms with Crippen molar-refractivity contribution >= 4 is 17.7 Å². The molecule has 6 nitrogen and oxygen atoms in total. The molecule has 0 spiro atoms. The minimum atomic E-state index is -0.706. The lowest BCUT2D eigenvalue weighted by atomic mass is 9.88. The van der Waals surface area contributed by atoms with Crippen molar-refractivity contribution in [3.05, 3.63) is 71.5 Å². The number of nitrogens with one attached hydrogen (secondary N) is 2. The van der Waals surface area contributed by atoms with Crippen molar-refractivity contribution in [2.24, 2.45) is 5.92 Å². The largest absolute Gasteiger partial charge is 0.352 e. The van der Waals surface area contributed by atoms with E-state index < -0.39 is 11.9 Å². The van der Waals surface area contributed by atoms with E-state index in [1.807, 2.05) is 19.9 Å². The lowest BCUT2D eigenvalue weighted by molar-refractivity contribution is -0.125. The maximum Gasteiger partial charge on any atom is 0.256 e. The molecular weight excluding hydrogens is 409 g/mol. The van der Waals surface area contributed by atoms with Crippen LogP contribution in [0.4, 0.5) is 4.39 Å². The number of nitrogens with zero attached hydrogens (tertiary/aromatic N) is 1. The first-order valence-electron chi connectivity index (χ1n) is 11.1. The molecule has 0 bridgehead atoms. The molecule has 0 aromatic heterocycles. The molecule has 2 aromatic carbocycles. The topological polar surface area (TPSA) is 78.5 Å². The number of likely N-dealkylation sites (tertiary alicyclic amines) is 1. The lowest BCUT2D eigenvalue weighted by Crippen LogP contribution is -2.55. The molecule has 2 aromatic rings. The number of hydrogen-bond acceptors (Lipinski definition) is 3. The van der Waals surface area contributed by atoms with Gasteiger partial charge in [0.25, 0.3) is 11.8 Å². The Morgan fingerprint density at radius 3 is 2.25 bits per heavy atom. The summed E-state index contributed by atoms with van der Waals surface area (Å²) in [6.07, 6.45) is 1.85. The molecule has 1 fully saturated rings. The van der Waals surface area contributed by atoms with Crippen molar-refractivity contribution in [3.8, 4) is 0 Å². The Balaban J connectivity index is 1.70. The lowest BCUT2D eigenvalue weighted by Gasteiger charge is -2.36. The number of piperidine rings is 1. The van der Waals surface area contributed by atoms with E-state index in [1.54, 1.807) is 41.3 Å². The zero-order valence-electron chi connectivity index (χ0n) is 18.5. The molecule has 3 amide bonds. The Morgan fingerprint density at radius 2 is 1.62 bits per heavy atom. The number of carbonyl (C=O) groups is 3. The van der Waals surface area contributed by atoms with Gasteiger partial charge in [0.05, 0.1) is 5.56 Å². The van der Waals surface area contributed by atoms with Crippen LogP contribution in [0.25, 0.3) is 0 Å². The molecule has 2 N–H and O–H groups in total. The summed E-state index contributed by atoms with van der Waals surface area (Å²) in [5.74, 6) is -1.55. The Morgan fingerprint density at radius 1 is 1.00 bits per heavy atom. The number of hydrogen-bond donors (Lipinski definition) is 2. The van der Waals surface area contributed by atoms with E-state index in [-0.39, 0.29) is 35.2 Å². The van der Waals surface area contributed by atoms with Gasteiger partial charge in [0, 0.05) is 24.7 Å². The molecule has 32 heavy (non-hydrogen) atoms. The molecule has 1 aliphatic rings. The smallest absolute Gasteiger partial charge is 0.256 e. The summed E-state index contributed by atoms with van der Waals surface area (Å²) in [5.41, 5.74) is 0.537. The molecule has 0 aliphatic carbocycles. The quantitative estimate of drug-likeness (QED) is 0.694. The highest BCUT2D eigenvalue weighted by Gasteiger charge is 2.34. The van der Waals surface area contributed by atoms with Gasteiger partial charge in [0.15, 0.2) is 0 Å². The van der Waals surface area contributed by atoms with E-state index in [2.05, 4.69) is 10.6 Å². The molecule has 7 heteroatoms. The first-order chi connectivity index (χ1) is 15.4. The van der Waals surface area contributed by atoms with Gasteiger partial charge in [0.2, 0.25) is 5.91 Å². The third kappa shape index (κ3) is 5.72. The van der Waals surface area contributed by atoms with Gasteiger partial charge in [-0.1, -0.05) is 37.3 Å². The first-order valence-corrected chi connectivity index (χ1v) is 11.1. The number of halogens is 1. The van der Waals surface area contributed by atoms with Gasteiger partial charge >= 0.3 is 0 Å². The maximum atomic E-state index is 14.0. The highest BCUT2D eigenvalue weighted by Crippen LogP contribution is 2.24. The molecule has 170 valence electrons. The summed E-state index contributed by atoms with van der Waals surface area (Å²) in [7, 11) is 0. The van der Waals surface area contributed by atoms with E-state index in [4.69, 9.17) is 0 Å². The van der Waals surface area contributed by atoms with E-state index >= 15 is 0 Å². The summed E-state index contributed by atoms with van der Waals surface area (Å²) in [6.45, 7) is 4.69. The average Bonchev–Trinajstić information content (AvgIpc) is 2.82. The van der Waals surface area contributed by atoms with Gasteiger partial charge in [-0.3, -0.25) is 14.4 Å². The van der Waals surface area contributed by atoms with E-state index in [1.165, 1.54) is 12.1 Å². The fourth-order valence-corrected chi connectivity index (χ4v) is 3.89. The number of carbonyl (C=O) groups excluding carboxylic acids is 3. The fourth-order valence-electron chi connectivity index (χ4n) is 3.89. The van der Waals surface area contributed by atoms with Gasteiger partial charge < -0.3 is 15.5 Å². The second kappa shape index (κ2) is 10.9. The summed E-state index contributed by atoms with van der Waals surface area (Å²) >= 11 is 0. The van der Waals surface area contributed by atoms with Crippen molar-refractivity contribution in [1.82, 2.24) is 15.5 Å². The Hall–Kier alpha value is -3.22. The number of rotatable bonds is 7. The minimum absolute atomic E-state index is 0.0126. The normalized spacial score (nSPS) is 16.2. The molecule has 3 rings (SSSR count). The minimum Gasteiger partial charge on any atom is -0.352 e. The van der Waals surface area contributed by atoms with Gasteiger partial charge in [0.1, 0.15) is 11.9 Å². The average molecular weight is 440 g/mol. The Labute approximate surface area is 188 Å². The summed E-state index contributed by atoms with van der Waals surface area (Å²) in [6, 6.07) is 14.0. The highest BCUT2D eigenvalue weighted by molar-refractivity contribution is 5.97. The molecule has 1 heterocycles. The van der Waals surface area contributed by atoms with E-state index in [0.717, 1.165) is 6.42 Å². The molecule has 0 saturated carbocycles. The Kier molecular flexibility index (Phi) is 7.98. The molecule has 1 aliphatic heterocycles. The van der Waals surface area contributed by atoms with Gasteiger partial charge in [-0.25, -0.2) is 4.39 Å². The SMILES string of the molecule is CC[C@@H](C)NC(=O)[C@H](NC(=O)c1ccccc1)C1CCN(C(=O)c2ccccc2F)CC1. The van der Waals surface area contributed by atoms with Crippen LogP contribution >= 0.6 is 0 Å². The summed E-state index contributed by atoms with van der Waals surface area (Å²) in [5, 5.41) is 5.87. The van der Waals surface area contributed by atoms with Crippen LogP contribution in [0.5, 0.6) is 0 Å². The van der Waals surface area contributed by atoms with Crippen molar-refractivity contribution < 1.29 is 18.8 Å². The van der Waals surface area contributed by atoms with Crippen LogP contribution in [-0.4, -0.2) is 47.8 Å². The van der Waals surface area contributed by atoms with Gasteiger partial charge in [-0.05, 0) is 56.4 Å². The summed E-state index contributed by atoms with van der Waals surface area (Å²) in [4.78, 5) is 40.1. The zero-order chi connectivity index (χ0) is 23.1. The fraction of sp³-hybridized carbons (Fsp3) is 0.400. The molecule has 1 saturated heterocycles. The number of amides is 3. The van der Waals surface area contributed by atoms with Crippen LogP contribution in [-0.2, 0) is 4.79 Å². The second-order valence-electron chi connectivity index (χ2n) is 8.24. The highest BCUT2D eigenvalue weighted by atomic mass is 19.1. The predicted octanol–water partition coefficient (Wildman–Crippen LogP) is 3.39. The van der Waals surface area contributed by atoms with Crippen molar-refractivity contribution in [1.29, 1.82) is 0 Å². The first kappa shape index (κ1) is 23.4. The predicted molar refractivity (Wildman–Crippen MR) is 121 cm³/mol. The second-order valence-corrected chi connectivity index (χ2v) is 8.24. The molecule has 2 atom stereocenters. The summed E-state index contributed by atoms with van der Waals surface area (Å²) < 4.78 is 14.0. The number of benzene rings is 2. The van der Waals surface area contributed by atoms with Crippen LogP contribution in [0.15, 0.2) is 54.6 Å². The third-order valence-electron chi connectivity index (χ3n) is 6.01. The molecule has 0 unspecified atom stereocenters. The Bertz CT molecular complexity index is 942. The standard InChI is InChI=1S/C25H30FN3O3/c1-3-17(2)27-24(31)22(28-23(30)19-9-5-4-6-10-19)18-13-15-29(16-14-18)25(32)20-11-7-8-12-21(20)26/h4-12,17-18,22H,3,13-16H2,1-2H3,(H,27,31)(H,28,30)/t17-,22-/m1/s1. The van der Waals surface area contributed by atoms with Crippen LogP contribution < -0.4 is 10.6 Å². The van der Waals surface area contributed by atoms with E-state index in [9.17, 15) is 18.8 Å². The van der Waals surface area contributed by atoms with Gasteiger partial charge in [-0.2, -0.15) is 0 Å². The van der Waals surface area contributed by atoms with Crippen molar-refractivity contribution in [2.75, 3.05) is 13.1 Å². The van der Waals surface area contributed by atoms with Gasteiger partial charge in [-0.15, -0.1) is 0 Å². The third-order valence-corrected chi connectivity index (χ3v) is 6.01. The van der Waals surface area contributed by atoms with Crippen LogP contribution in [0.3, 0.4) is 0 Å². The molecule has 0 radical (unpaired) electrons.